The quantitative estimate of drug-likeness (QED) is 0.590. The highest BCUT2D eigenvalue weighted by Gasteiger charge is 2.26. The maximum Gasteiger partial charge on any atom is 0.146 e. The van der Waals surface area contributed by atoms with Crippen molar-refractivity contribution in [2.24, 2.45) is 5.92 Å². The molecule has 1 aromatic heterocycles. The molecule has 0 bridgehead atoms. The minimum atomic E-state index is 0.625. The molecule has 17 heavy (non-hydrogen) atoms. The Hall–Kier alpha value is 0.100. The molecule has 2 saturated carbocycles. The lowest BCUT2D eigenvalue weighted by Crippen LogP contribution is -2.07. The highest BCUT2D eigenvalue weighted by atomic mass is 127. The fraction of sp³-hybridized carbons (Fsp3) is 0.692. The minimum Gasteiger partial charge on any atom is -0.236 e. The van der Waals surface area contributed by atoms with Gasteiger partial charge < -0.3 is 0 Å². The molecule has 2 fully saturated rings. The number of hydrogen-bond acceptors (Lipinski definition) is 2. The van der Waals surface area contributed by atoms with Crippen LogP contribution in [0.25, 0.3) is 0 Å². The first-order chi connectivity index (χ1) is 8.24. The van der Waals surface area contributed by atoms with Gasteiger partial charge in [-0.1, -0.05) is 24.4 Å². The van der Waals surface area contributed by atoms with E-state index in [1.54, 1.807) is 0 Å². The molecule has 3 rings (SSSR count). The van der Waals surface area contributed by atoms with Gasteiger partial charge in [-0.3, -0.25) is 0 Å². The molecule has 0 aliphatic heterocycles. The van der Waals surface area contributed by atoms with Crippen LogP contribution in [0.5, 0.6) is 0 Å². The van der Waals surface area contributed by atoms with Gasteiger partial charge in [-0.2, -0.15) is 0 Å². The highest BCUT2D eigenvalue weighted by Crippen LogP contribution is 2.38. The van der Waals surface area contributed by atoms with E-state index in [1.807, 2.05) is 0 Å². The lowest BCUT2D eigenvalue weighted by atomic mass is 10.0. The van der Waals surface area contributed by atoms with Crippen molar-refractivity contribution in [3.05, 3.63) is 20.2 Å². The van der Waals surface area contributed by atoms with E-state index in [2.05, 4.69) is 27.6 Å². The first kappa shape index (κ1) is 12.2. The van der Waals surface area contributed by atoms with Crippen LogP contribution in [0, 0.1) is 9.49 Å². The molecule has 2 nitrogen and oxygen atoms in total. The van der Waals surface area contributed by atoms with Crippen LogP contribution in [0.3, 0.4) is 0 Å². The largest absolute Gasteiger partial charge is 0.236 e. The summed E-state index contributed by atoms with van der Waals surface area (Å²) in [6.07, 6.45) is 8.91. The predicted octanol–water partition coefficient (Wildman–Crippen LogP) is 4.34. The molecule has 1 aromatic rings. The standard InChI is InChI=1S/C13H16ClIN2/c14-13-11(15)12(9-3-1-2-4-9)16-10(17-13)7-8-5-6-8/h8-9H,1-7H2. The Morgan fingerprint density at radius 2 is 1.82 bits per heavy atom. The summed E-state index contributed by atoms with van der Waals surface area (Å²) in [7, 11) is 0. The Morgan fingerprint density at radius 3 is 2.47 bits per heavy atom. The lowest BCUT2D eigenvalue weighted by molar-refractivity contribution is 0.667. The van der Waals surface area contributed by atoms with E-state index in [4.69, 9.17) is 16.6 Å². The van der Waals surface area contributed by atoms with Crippen LogP contribution in [0.4, 0.5) is 0 Å². The maximum absolute atomic E-state index is 6.24. The van der Waals surface area contributed by atoms with E-state index in [1.165, 1.54) is 44.2 Å². The third-order valence-electron chi connectivity index (χ3n) is 3.79. The van der Waals surface area contributed by atoms with Crippen molar-refractivity contribution < 1.29 is 0 Å². The molecule has 0 saturated heterocycles. The molecular formula is C13H16ClIN2. The topological polar surface area (TPSA) is 25.8 Å². The fourth-order valence-corrected chi connectivity index (χ4v) is 3.50. The van der Waals surface area contributed by atoms with Gasteiger partial charge in [0.1, 0.15) is 11.0 Å². The van der Waals surface area contributed by atoms with Crippen molar-refractivity contribution in [3.63, 3.8) is 0 Å². The van der Waals surface area contributed by atoms with E-state index in [-0.39, 0.29) is 0 Å². The summed E-state index contributed by atoms with van der Waals surface area (Å²) in [5.74, 6) is 2.42. The summed E-state index contributed by atoms with van der Waals surface area (Å²) in [5.41, 5.74) is 1.22. The average Bonchev–Trinajstić information content (AvgIpc) is 2.95. The molecule has 0 N–H and O–H groups in total. The van der Waals surface area contributed by atoms with Gasteiger partial charge in [0.05, 0.1) is 9.26 Å². The van der Waals surface area contributed by atoms with Crippen LogP contribution in [-0.2, 0) is 6.42 Å². The van der Waals surface area contributed by atoms with Crippen LogP contribution >= 0.6 is 34.2 Å². The molecule has 2 aliphatic carbocycles. The van der Waals surface area contributed by atoms with Gasteiger partial charge in [0.2, 0.25) is 0 Å². The van der Waals surface area contributed by atoms with E-state index in [0.29, 0.717) is 11.1 Å². The molecule has 0 radical (unpaired) electrons. The van der Waals surface area contributed by atoms with Crippen LogP contribution in [-0.4, -0.2) is 9.97 Å². The van der Waals surface area contributed by atoms with Crippen molar-refractivity contribution in [3.8, 4) is 0 Å². The number of halogens is 2. The zero-order valence-corrected chi connectivity index (χ0v) is 12.7. The Kier molecular flexibility index (Phi) is 3.57. The number of nitrogens with zero attached hydrogens (tertiary/aromatic N) is 2. The van der Waals surface area contributed by atoms with Gasteiger partial charge in [0, 0.05) is 12.3 Å². The molecule has 0 atom stereocenters. The summed E-state index contributed by atoms with van der Waals surface area (Å²) in [6, 6.07) is 0. The van der Waals surface area contributed by atoms with Crippen LogP contribution < -0.4 is 0 Å². The van der Waals surface area contributed by atoms with Gasteiger partial charge >= 0.3 is 0 Å². The Bertz CT molecular complexity index is 426. The smallest absolute Gasteiger partial charge is 0.146 e. The summed E-state index contributed by atoms with van der Waals surface area (Å²) in [4.78, 5) is 9.22. The number of aromatic nitrogens is 2. The fourth-order valence-electron chi connectivity index (χ4n) is 2.62. The average molecular weight is 363 g/mol. The Labute approximate surface area is 121 Å². The van der Waals surface area contributed by atoms with Gasteiger partial charge in [0.15, 0.2) is 0 Å². The second-order valence-corrected chi connectivity index (χ2v) is 6.70. The normalized spacial score (nSPS) is 21.1. The van der Waals surface area contributed by atoms with Gasteiger partial charge in [-0.25, -0.2) is 9.97 Å². The van der Waals surface area contributed by atoms with Crippen molar-refractivity contribution in [2.75, 3.05) is 0 Å². The first-order valence-corrected chi connectivity index (χ1v) is 7.91. The van der Waals surface area contributed by atoms with Gasteiger partial charge in [0.25, 0.3) is 0 Å². The minimum absolute atomic E-state index is 0.625. The molecule has 1 heterocycles. The number of rotatable bonds is 3. The molecular weight excluding hydrogens is 347 g/mol. The molecule has 0 amide bonds. The monoisotopic (exact) mass is 362 g/mol. The molecule has 0 aromatic carbocycles. The summed E-state index contributed by atoms with van der Waals surface area (Å²) >= 11 is 8.55. The van der Waals surface area contributed by atoms with E-state index >= 15 is 0 Å². The van der Waals surface area contributed by atoms with Crippen molar-refractivity contribution >= 4 is 34.2 Å². The third-order valence-corrected chi connectivity index (χ3v) is 5.45. The second kappa shape index (κ2) is 5.00. The first-order valence-electron chi connectivity index (χ1n) is 6.46. The van der Waals surface area contributed by atoms with E-state index in [0.717, 1.165) is 21.7 Å². The highest BCUT2D eigenvalue weighted by molar-refractivity contribution is 14.1. The van der Waals surface area contributed by atoms with Crippen LogP contribution in [0.1, 0.15) is 56.0 Å². The molecule has 92 valence electrons. The van der Waals surface area contributed by atoms with Gasteiger partial charge in [-0.05, 0) is 54.2 Å². The molecule has 0 spiro atoms. The van der Waals surface area contributed by atoms with Gasteiger partial charge in [-0.15, -0.1) is 0 Å². The van der Waals surface area contributed by atoms with Crippen molar-refractivity contribution in [1.82, 2.24) is 9.97 Å². The molecule has 0 unspecified atom stereocenters. The zero-order chi connectivity index (χ0) is 11.8. The molecule has 2 aliphatic rings. The predicted molar refractivity (Wildman–Crippen MR) is 77.4 cm³/mol. The Morgan fingerprint density at radius 1 is 1.12 bits per heavy atom. The van der Waals surface area contributed by atoms with Crippen LogP contribution in [0.15, 0.2) is 0 Å². The SMILES string of the molecule is Clc1nc(CC2CC2)nc(C2CCCC2)c1I. The summed E-state index contributed by atoms with van der Waals surface area (Å²) in [5, 5.41) is 0.665. The van der Waals surface area contributed by atoms with Crippen molar-refractivity contribution in [2.45, 2.75) is 50.9 Å². The van der Waals surface area contributed by atoms with Crippen LogP contribution in [0.2, 0.25) is 5.15 Å². The Balaban J connectivity index is 1.90. The lowest BCUT2D eigenvalue weighted by Gasteiger charge is -2.13. The van der Waals surface area contributed by atoms with E-state index in [9.17, 15) is 0 Å². The third kappa shape index (κ3) is 2.75. The summed E-state index contributed by atoms with van der Waals surface area (Å²) < 4.78 is 1.08. The summed E-state index contributed by atoms with van der Waals surface area (Å²) in [6.45, 7) is 0. The molecule has 4 heteroatoms. The van der Waals surface area contributed by atoms with Crippen molar-refractivity contribution in [1.29, 1.82) is 0 Å². The zero-order valence-electron chi connectivity index (χ0n) is 9.75. The maximum atomic E-state index is 6.24. The number of hydrogen-bond donors (Lipinski definition) is 0. The van der Waals surface area contributed by atoms with E-state index < -0.39 is 0 Å². The second-order valence-electron chi connectivity index (χ2n) is 5.26.